The summed E-state index contributed by atoms with van der Waals surface area (Å²) in [6.07, 6.45) is 7.32. The molecule has 116 valence electrons. The van der Waals surface area contributed by atoms with Crippen LogP contribution in [0.25, 0.3) is 11.3 Å². The van der Waals surface area contributed by atoms with Crippen LogP contribution in [-0.4, -0.2) is 26.8 Å². The molecule has 3 aromatic rings. The third kappa shape index (κ3) is 2.29. The molecule has 1 aromatic carbocycles. The highest BCUT2D eigenvalue weighted by atomic mass is 16.5. The summed E-state index contributed by atoms with van der Waals surface area (Å²) in [6, 6.07) is 9.65. The number of aromatic nitrogens is 3. The van der Waals surface area contributed by atoms with Gasteiger partial charge in [0.2, 0.25) is 0 Å². The molecular weight excluding hydrogens is 290 g/mol. The number of benzene rings is 1. The van der Waals surface area contributed by atoms with Crippen LogP contribution in [0.1, 0.15) is 29.7 Å². The fraction of sp³-hybridized carbons (Fsp3) is 0.222. The van der Waals surface area contributed by atoms with Gasteiger partial charge in [-0.15, -0.1) is 0 Å². The van der Waals surface area contributed by atoms with Gasteiger partial charge in [0.15, 0.2) is 0 Å². The molecule has 5 nitrogen and oxygen atoms in total. The van der Waals surface area contributed by atoms with Crippen molar-refractivity contribution in [3.63, 3.8) is 0 Å². The first kappa shape index (κ1) is 14.0. The Labute approximate surface area is 134 Å². The third-order valence-corrected chi connectivity index (χ3v) is 4.42. The number of hydrogen-bond donors (Lipinski definition) is 1. The number of methoxy groups -OCH3 is 1. The van der Waals surface area contributed by atoms with Crippen molar-refractivity contribution < 1.29 is 9.84 Å². The second kappa shape index (κ2) is 5.52. The maximum Gasteiger partial charge on any atom is 0.119 e. The van der Waals surface area contributed by atoms with Gasteiger partial charge in [-0.1, -0.05) is 12.1 Å². The van der Waals surface area contributed by atoms with E-state index in [1.54, 1.807) is 13.3 Å². The van der Waals surface area contributed by atoms with Crippen LogP contribution < -0.4 is 4.74 Å². The van der Waals surface area contributed by atoms with Gasteiger partial charge in [0.05, 0.1) is 37.5 Å². The number of imidazole rings is 1. The smallest absolute Gasteiger partial charge is 0.119 e. The van der Waals surface area contributed by atoms with Gasteiger partial charge < -0.3 is 14.4 Å². The molecule has 4 rings (SSSR count). The molecule has 0 saturated heterocycles. The predicted molar refractivity (Wildman–Crippen MR) is 86.2 cm³/mol. The first-order chi connectivity index (χ1) is 11.3. The van der Waals surface area contributed by atoms with Gasteiger partial charge >= 0.3 is 0 Å². The molecule has 1 aliphatic rings. The van der Waals surface area contributed by atoms with Crippen molar-refractivity contribution in [2.45, 2.75) is 18.6 Å². The minimum absolute atomic E-state index is 0.0618. The zero-order valence-electron chi connectivity index (χ0n) is 12.8. The van der Waals surface area contributed by atoms with Gasteiger partial charge in [0.1, 0.15) is 5.75 Å². The van der Waals surface area contributed by atoms with E-state index in [0.717, 1.165) is 22.6 Å². The van der Waals surface area contributed by atoms with Gasteiger partial charge in [0, 0.05) is 24.4 Å². The highest BCUT2D eigenvalue weighted by Crippen LogP contribution is 2.42. The van der Waals surface area contributed by atoms with E-state index in [1.165, 1.54) is 5.56 Å². The topological polar surface area (TPSA) is 60.2 Å². The summed E-state index contributed by atoms with van der Waals surface area (Å²) in [6.45, 7) is 0. The van der Waals surface area contributed by atoms with E-state index < -0.39 is 6.10 Å². The number of nitrogens with zero attached hydrogens (tertiary/aromatic N) is 3. The molecule has 0 amide bonds. The van der Waals surface area contributed by atoms with Gasteiger partial charge in [-0.3, -0.25) is 4.98 Å². The molecule has 0 spiro atoms. The number of pyridine rings is 1. The molecule has 0 saturated carbocycles. The second-order valence-electron chi connectivity index (χ2n) is 5.69. The molecule has 0 aliphatic carbocycles. The number of aliphatic hydroxyl groups excluding tert-OH is 1. The van der Waals surface area contributed by atoms with Crippen molar-refractivity contribution in [2.75, 3.05) is 7.11 Å². The summed E-state index contributed by atoms with van der Waals surface area (Å²) in [5.74, 6) is 0.751. The predicted octanol–water partition coefficient (Wildman–Crippen LogP) is 2.98. The quantitative estimate of drug-likeness (QED) is 0.805. The minimum atomic E-state index is -0.579. The fourth-order valence-corrected chi connectivity index (χ4v) is 3.26. The lowest BCUT2D eigenvalue weighted by molar-refractivity contribution is 0.153. The van der Waals surface area contributed by atoms with E-state index >= 15 is 0 Å². The normalized spacial score (nSPS) is 16.7. The molecule has 1 N–H and O–H groups in total. The Hall–Kier alpha value is -2.66. The first-order valence-corrected chi connectivity index (χ1v) is 7.56. The number of rotatable bonds is 4. The van der Waals surface area contributed by atoms with E-state index in [0.29, 0.717) is 6.42 Å². The van der Waals surface area contributed by atoms with Crippen LogP contribution in [-0.2, 0) is 0 Å². The highest BCUT2D eigenvalue weighted by Gasteiger charge is 2.30. The molecule has 0 bridgehead atoms. The van der Waals surface area contributed by atoms with Crippen LogP contribution in [0.2, 0.25) is 0 Å². The first-order valence-electron chi connectivity index (χ1n) is 7.56. The van der Waals surface area contributed by atoms with Crippen molar-refractivity contribution in [1.29, 1.82) is 0 Å². The Bertz CT molecular complexity index is 844. The van der Waals surface area contributed by atoms with Crippen LogP contribution in [0.5, 0.6) is 5.75 Å². The molecule has 0 radical (unpaired) electrons. The molecular formula is C18H17N3O2. The van der Waals surface area contributed by atoms with Crippen molar-refractivity contribution in [1.82, 2.24) is 14.5 Å². The maximum atomic E-state index is 10.7. The molecule has 2 unspecified atom stereocenters. The van der Waals surface area contributed by atoms with Crippen molar-refractivity contribution >= 4 is 0 Å². The van der Waals surface area contributed by atoms with Crippen molar-refractivity contribution in [2.24, 2.45) is 0 Å². The average molecular weight is 307 g/mol. The summed E-state index contributed by atoms with van der Waals surface area (Å²) in [5.41, 5.74) is 4.18. The minimum Gasteiger partial charge on any atom is -0.497 e. The van der Waals surface area contributed by atoms with Crippen LogP contribution in [0.3, 0.4) is 0 Å². The SMILES string of the molecule is COc1cccc(C(O)CC2c3ccncc3-c3cncn32)c1. The molecule has 1 aliphatic heterocycles. The zero-order valence-corrected chi connectivity index (χ0v) is 12.8. The standard InChI is InChI=1S/C18H17N3O2/c1-23-13-4-2-3-12(7-13)18(22)8-16-14-5-6-19-9-15(14)17-10-20-11-21(16)17/h2-7,9-11,16,18,22H,8H2,1H3. The van der Waals surface area contributed by atoms with Gasteiger partial charge in [0.25, 0.3) is 0 Å². The van der Waals surface area contributed by atoms with Gasteiger partial charge in [-0.2, -0.15) is 0 Å². The number of aliphatic hydroxyl groups is 1. The van der Waals surface area contributed by atoms with Gasteiger partial charge in [-0.05, 0) is 29.3 Å². The van der Waals surface area contributed by atoms with Crippen LogP contribution in [0, 0.1) is 0 Å². The number of fused-ring (bicyclic) bond motifs is 3. The van der Waals surface area contributed by atoms with Crippen LogP contribution in [0.4, 0.5) is 0 Å². The third-order valence-electron chi connectivity index (χ3n) is 4.42. The van der Waals surface area contributed by atoms with Crippen molar-refractivity contribution in [3.8, 4) is 17.0 Å². The average Bonchev–Trinajstić information content (AvgIpc) is 3.18. The zero-order chi connectivity index (χ0) is 15.8. The summed E-state index contributed by atoms with van der Waals surface area (Å²) in [7, 11) is 1.63. The van der Waals surface area contributed by atoms with Crippen molar-refractivity contribution in [3.05, 3.63) is 66.4 Å². The van der Waals surface area contributed by atoms with Crippen LogP contribution >= 0.6 is 0 Å². The van der Waals surface area contributed by atoms with E-state index in [-0.39, 0.29) is 6.04 Å². The molecule has 2 atom stereocenters. The monoisotopic (exact) mass is 307 g/mol. The molecule has 23 heavy (non-hydrogen) atoms. The second-order valence-corrected chi connectivity index (χ2v) is 5.69. The Kier molecular flexibility index (Phi) is 3.35. The maximum absolute atomic E-state index is 10.7. The highest BCUT2D eigenvalue weighted by molar-refractivity contribution is 5.67. The number of ether oxygens (including phenoxy) is 1. The van der Waals surface area contributed by atoms with Crippen LogP contribution in [0.15, 0.2) is 55.2 Å². The lowest BCUT2D eigenvalue weighted by atomic mass is 9.96. The number of hydrogen-bond acceptors (Lipinski definition) is 4. The Morgan fingerprint density at radius 2 is 2.17 bits per heavy atom. The van der Waals surface area contributed by atoms with E-state index in [9.17, 15) is 5.11 Å². The van der Waals surface area contributed by atoms with E-state index in [1.807, 2.05) is 49.1 Å². The summed E-state index contributed by atoms with van der Waals surface area (Å²) in [4.78, 5) is 8.44. The molecule has 2 aromatic heterocycles. The molecule has 5 heteroatoms. The summed E-state index contributed by atoms with van der Waals surface area (Å²) < 4.78 is 7.35. The molecule has 3 heterocycles. The Morgan fingerprint density at radius 3 is 3.04 bits per heavy atom. The lowest BCUT2D eigenvalue weighted by Gasteiger charge is -2.19. The Morgan fingerprint density at radius 1 is 1.26 bits per heavy atom. The summed E-state index contributed by atoms with van der Waals surface area (Å²) >= 11 is 0. The van der Waals surface area contributed by atoms with E-state index in [4.69, 9.17) is 4.74 Å². The lowest BCUT2D eigenvalue weighted by Crippen LogP contribution is -2.10. The fourth-order valence-electron chi connectivity index (χ4n) is 3.26. The molecule has 0 fully saturated rings. The summed E-state index contributed by atoms with van der Waals surface area (Å²) in [5, 5.41) is 10.7. The van der Waals surface area contributed by atoms with E-state index in [2.05, 4.69) is 14.5 Å². The largest absolute Gasteiger partial charge is 0.497 e. The Balaban J connectivity index is 1.66. The van der Waals surface area contributed by atoms with Gasteiger partial charge in [-0.25, -0.2) is 4.98 Å².